The molecule has 0 fully saturated rings. The zero-order chi connectivity index (χ0) is 17.3. The highest BCUT2D eigenvalue weighted by Gasteiger charge is 2.18. The maximum atomic E-state index is 6.46. The molecule has 0 atom stereocenters. The molecule has 0 spiro atoms. The van der Waals surface area contributed by atoms with Crippen molar-refractivity contribution in [3.05, 3.63) is 56.5 Å². The predicted molar refractivity (Wildman–Crippen MR) is 105 cm³/mol. The van der Waals surface area contributed by atoms with E-state index in [1.165, 1.54) is 10.9 Å². The molecule has 3 aromatic rings. The third-order valence-electron chi connectivity index (χ3n) is 4.38. The van der Waals surface area contributed by atoms with Crippen molar-refractivity contribution in [2.75, 3.05) is 6.54 Å². The minimum Gasteiger partial charge on any atom is -0.354 e. The number of hydrogen-bond acceptors (Lipinski definition) is 1. The van der Waals surface area contributed by atoms with Crippen LogP contribution < -0.4 is 5.73 Å². The summed E-state index contributed by atoms with van der Waals surface area (Å²) in [4.78, 5) is 3.53. The summed E-state index contributed by atoms with van der Waals surface area (Å²) in [7, 11) is 0. The highest BCUT2D eigenvalue weighted by molar-refractivity contribution is 6.43. The van der Waals surface area contributed by atoms with Gasteiger partial charge in [0.25, 0.3) is 0 Å². The van der Waals surface area contributed by atoms with Crippen LogP contribution in [0.4, 0.5) is 0 Å². The molecule has 2 nitrogen and oxygen atoms in total. The lowest BCUT2D eigenvalue weighted by Crippen LogP contribution is -1.99. The maximum Gasteiger partial charge on any atom is 0.0685 e. The van der Waals surface area contributed by atoms with Crippen LogP contribution in [0, 0.1) is 6.92 Å². The van der Waals surface area contributed by atoms with E-state index in [9.17, 15) is 0 Å². The smallest absolute Gasteiger partial charge is 0.0685 e. The van der Waals surface area contributed by atoms with Gasteiger partial charge in [0.05, 0.1) is 21.3 Å². The van der Waals surface area contributed by atoms with Crippen molar-refractivity contribution in [2.45, 2.75) is 26.2 Å². The van der Waals surface area contributed by atoms with Gasteiger partial charge in [-0.3, -0.25) is 0 Å². The van der Waals surface area contributed by atoms with E-state index in [2.05, 4.69) is 11.1 Å². The van der Waals surface area contributed by atoms with E-state index in [1.54, 1.807) is 6.07 Å². The molecule has 24 heavy (non-hydrogen) atoms. The van der Waals surface area contributed by atoms with Gasteiger partial charge in [0.2, 0.25) is 0 Å². The van der Waals surface area contributed by atoms with Crippen LogP contribution in [0.25, 0.3) is 22.2 Å². The monoisotopic (exact) mass is 380 g/mol. The van der Waals surface area contributed by atoms with Crippen molar-refractivity contribution >= 4 is 45.7 Å². The van der Waals surface area contributed by atoms with Gasteiger partial charge in [-0.05, 0) is 56.0 Å². The van der Waals surface area contributed by atoms with Crippen LogP contribution >= 0.6 is 34.8 Å². The number of rotatable bonds is 5. The van der Waals surface area contributed by atoms with E-state index in [0.717, 1.165) is 46.6 Å². The fraction of sp³-hybridized carbons (Fsp3) is 0.263. The fourth-order valence-electron chi connectivity index (χ4n) is 3.07. The van der Waals surface area contributed by atoms with Gasteiger partial charge in [0.15, 0.2) is 0 Å². The first kappa shape index (κ1) is 17.6. The summed E-state index contributed by atoms with van der Waals surface area (Å²) in [5, 5.41) is 3.05. The van der Waals surface area contributed by atoms with Crippen LogP contribution in [0.2, 0.25) is 15.1 Å². The Morgan fingerprint density at radius 2 is 1.79 bits per heavy atom. The van der Waals surface area contributed by atoms with Gasteiger partial charge in [-0.15, -0.1) is 0 Å². The van der Waals surface area contributed by atoms with Crippen molar-refractivity contribution in [3.8, 4) is 11.3 Å². The Labute approximate surface area is 156 Å². The molecular formula is C19H19Cl3N2. The largest absolute Gasteiger partial charge is 0.354 e. The average Bonchev–Trinajstić information content (AvgIpc) is 2.93. The predicted octanol–water partition coefficient (Wildman–Crippen LogP) is 6.38. The molecular weight excluding hydrogens is 363 g/mol. The second kappa shape index (κ2) is 7.37. The summed E-state index contributed by atoms with van der Waals surface area (Å²) in [6.45, 7) is 2.72. The number of aryl methyl sites for hydroxylation is 2. The van der Waals surface area contributed by atoms with Gasteiger partial charge in [-0.2, -0.15) is 0 Å². The molecule has 3 rings (SSSR count). The molecule has 0 aliphatic rings. The lowest BCUT2D eigenvalue weighted by atomic mass is 9.99. The normalized spacial score (nSPS) is 11.4. The first-order valence-corrected chi connectivity index (χ1v) is 9.12. The van der Waals surface area contributed by atoms with Crippen molar-refractivity contribution in [3.63, 3.8) is 0 Å². The number of aromatic nitrogens is 1. The van der Waals surface area contributed by atoms with Crippen molar-refractivity contribution in [2.24, 2.45) is 5.73 Å². The summed E-state index contributed by atoms with van der Waals surface area (Å²) in [5.41, 5.74) is 10.9. The van der Waals surface area contributed by atoms with E-state index in [4.69, 9.17) is 40.5 Å². The molecule has 0 bridgehead atoms. The van der Waals surface area contributed by atoms with Crippen molar-refractivity contribution in [1.29, 1.82) is 0 Å². The molecule has 0 saturated carbocycles. The summed E-state index contributed by atoms with van der Waals surface area (Å²) in [6, 6.07) is 9.72. The summed E-state index contributed by atoms with van der Waals surface area (Å²) < 4.78 is 0. The Balaban J connectivity index is 2.23. The van der Waals surface area contributed by atoms with Gasteiger partial charge < -0.3 is 10.7 Å². The molecule has 0 aliphatic heterocycles. The lowest BCUT2D eigenvalue weighted by molar-refractivity contribution is 0.748. The second-order valence-electron chi connectivity index (χ2n) is 5.92. The summed E-state index contributed by atoms with van der Waals surface area (Å²) >= 11 is 19.0. The lowest BCUT2D eigenvalue weighted by Gasteiger charge is -2.08. The number of nitrogens with one attached hydrogen (secondary N) is 1. The summed E-state index contributed by atoms with van der Waals surface area (Å²) in [6.07, 6.45) is 2.94. The maximum absolute atomic E-state index is 6.46. The standard InChI is InChI=1S/C19H19Cl3N2/c1-11-15(20)9-8-13-12(5-2-3-10-23)19(24-18(11)13)14-6-4-7-16(21)17(14)22/h4,6-9,24H,2-3,5,10,23H2,1H3. The van der Waals surface area contributed by atoms with Crippen molar-refractivity contribution < 1.29 is 0 Å². The van der Waals surface area contributed by atoms with Gasteiger partial charge in [-0.1, -0.05) is 53.0 Å². The molecule has 1 aromatic heterocycles. The molecule has 0 saturated heterocycles. The number of fused-ring (bicyclic) bond motifs is 1. The Morgan fingerprint density at radius 1 is 1.00 bits per heavy atom. The minimum absolute atomic E-state index is 0.551. The SMILES string of the molecule is Cc1c(Cl)ccc2c(CCCCN)c(-c3cccc(Cl)c3Cl)[nH]c12. The van der Waals surface area contributed by atoms with E-state index in [1.807, 2.05) is 25.1 Å². The van der Waals surface area contributed by atoms with Gasteiger partial charge in [0, 0.05) is 16.0 Å². The highest BCUT2D eigenvalue weighted by Crippen LogP contribution is 2.39. The average molecular weight is 382 g/mol. The van der Waals surface area contributed by atoms with E-state index >= 15 is 0 Å². The Hall–Kier alpha value is -1.19. The number of hydrogen-bond donors (Lipinski definition) is 2. The third kappa shape index (κ3) is 3.16. The topological polar surface area (TPSA) is 41.8 Å². The molecule has 126 valence electrons. The van der Waals surface area contributed by atoms with E-state index < -0.39 is 0 Å². The van der Waals surface area contributed by atoms with Crippen LogP contribution in [0.3, 0.4) is 0 Å². The molecule has 0 unspecified atom stereocenters. The minimum atomic E-state index is 0.551. The van der Waals surface area contributed by atoms with Crippen LogP contribution in [0.15, 0.2) is 30.3 Å². The molecule has 0 amide bonds. The van der Waals surface area contributed by atoms with Gasteiger partial charge in [0.1, 0.15) is 0 Å². The molecule has 1 heterocycles. The second-order valence-corrected chi connectivity index (χ2v) is 7.11. The van der Waals surface area contributed by atoms with E-state index in [-0.39, 0.29) is 0 Å². The van der Waals surface area contributed by atoms with Crippen LogP contribution in [0.5, 0.6) is 0 Å². The molecule has 2 aromatic carbocycles. The molecule has 0 aliphatic carbocycles. The first-order chi connectivity index (χ1) is 11.5. The fourth-order valence-corrected chi connectivity index (χ4v) is 3.62. The number of H-pyrrole nitrogens is 1. The van der Waals surface area contributed by atoms with Crippen molar-refractivity contribution in [1.82, 2.24) is 4.98 Å². The van der Waals surface area contributed by atoms with Crippen LogP contribution in [0.1, 0.15) is 24.0 Å². The zero-order valence-corrected chi connectivity index (χ0v) is 15.7. The zero-order valence-electron chi connectivity index (χ0n) is 13.4. The Kier molecular flexibility index (Phi) is 5.41. The number of halogens is 3. The van der Waals surface area contributed by atoms with Gasteiger partial charge in [-0.25, -0.2) is 0 Å². The molecule has 3 N–H and O–H groups in total. The quantitative estimate of drug-likeness (QED) is 0.494. The number of aromatic amines is 1. The van der Waals surface area contributed by atoms with E-state index in [0.29, 0.717) is 16.6 Å². The van der Waals surface area contributed by atoms with Gasteiger partial charge >= 0.3 is 0 Å². The highest BCUT2D eigenvalue weighted by atomic mass is 35.5. The first-order valence-electron chi connectivity index (χ1n) is 7.98. The number of nitrogens with two attached hydrogens (primary N) is 1. The Morgan fingerprint density at radius 3 is 2.54 bits per heavy atom. The number of benzene rings is 2. The van der Waals surface area contributed by atoms with Crippen LogP contribution in [-0.2, 0) is 6.42 Å². The summed E-state index contributed by atoms with van der Waals surface area (Å²) in [5.74, 6) is 0. The number of unbranched alkanes of at least 4 members (excludes halogenated alkanes) is 1. The Bertz CT molecular complexity index is 884. The third-order valence-corrected chi connectivity index (χ3v) is 5.61. The molecule has 0 radical (unpaired) electrons. The molecule has 5 heteroatoms. The van der Waals surface area contributed by atoms with Crippen LogP contribution in [-0.4, -0.2) is 11.5 Å².